The van der Waals surface area contributed by atoms with Crippen LogP contribution in [0.15, 0.2) is 18.2 Å². The molecule has 3 nitrogen and oxygen atoms in total. The molecule has 22 heavy (non-hydrogen) atoms. The van der Waals surface area contributed by atoms with E-state index in [9.17, 15) is 9.18 Å². The van der Waals surface area contributed by atoms with Crippen LogP contribution in [0.25, 0.3) is 0 Å². The topological polar surface area (TPSA) is 29.5 Å². The Morgan fingerprint density at radius 1 is 1.27 bits per heavy atom. The van der Waals surface area contributed by atoms with Crippen molar-refractivity contribution in [3.05, 3.63) is 24.0 Å². The van der Waals surface area contributed by atoms with Gasteiger partial charge in [-0.15, -0.1) is 0 Å². The summed E-state index contributed by atoms with van der Waals surface area (Å²) >= 11 is 0. The molecule has 2 aliphatic heterocycles. The fourth-order valence-electron chi connectivity index (χ4n) is 3.30. The summed E-state index contributed by atoms with van der Waals surface area (Å²) in [6, 6.07) is 5.14. The zero-order valence-electron chi connectivity index (χ0n) is 13.8. The Hall–Kier alpha value is -1.36. The SMILES string of the molecule is CC1(C)CB(c2ccc(N3CCCC3=O)c(F)c2)OC1(C)C. The zero-order chi connectivity index (χ0) is 16.1. The number of hydrogen-bond donors (Lipinski definition) is 0. The molecule has 0 saturated carbocycles. The third kappa shape index (κ3) is 2.45. The van der Waals surface area contributed by atoms with Gasteiger partial charge in [0.15, 0.2) is 0 Å². The molecular formula is C17H23BFNO2. The van der Waals surface area contributed by atoms with Crippen molar-refractivity contribution in [1.29, 1.82) is 0 Å². The van der Waals surface area contributed by atoms with Crippen molar-refractivity contribution in [3.63, 3.8) is 0 Å². The molecule has 0 aliphatic carbocycles. The standard InChI is InChI=1S/C17H23BFNO2/c1-16(2)11-18(22-17(16,3)4)12-7-8-14(13(19)10-12)20-9-5-6-15(20)21/h7-8,10H,5-6,9,11H2,1-4H3. The molecule has 0 spiro atoms. The van der Waals surface area contributed by atoms with Crippen LogP contribution in [-0.2, 0) is 9.45 Å². The second kappa shape index (κ2) is 5.09. The zero-order valence-corrected chi connectivity index (χ0v) is 13.8. The third-order valence-corrected chi connectivity index (χ3v) is 5.47. The second-order valence-electron chi connectivity index (χ2n) is 7.56. The lowest BCUT2D eigenvalue weighted by Crippen LogP contribution is -2.36. The summed E-state index contributed by atoms with van der Waals surface area (Å²) in [6.45, 7) is 9.04. The molecule has 1 amide bonds. The molecular weight excluding hydrogens is 280 g/mol. The molecule has 2 fully saturated rings. The summed E-state index contributed by atoms with van der Waals surface area (Å²) in [5.41, 5.74) is 1.05. The smallest absolute Gasteiger partial charge is 0.328 e. The summed E-state index contributed by atoms with van der Waals surface area (Å²) in [4.78, 5) is 13.3. The lowest BCUT2D eigenvalue weighted by atomic mass is 9.54. The van der Waals surface area contributed by atoms with Crippen LogP contribution in [0.2, 0.25) is 6.32 Å². The number of hydrogen-bond acceptors (Lipinski definition) is 2. The van der Waals surface area contributed by atoms with E-state index in [0.717, 1.165) is 18.2 Å². The minimum atomic E-state index is -0.334. The number of anilines is 1. The molecule has 0 radical (unpaired) electrons. The maximum absolute atomic E-state index is 14.5. The first kappa shape index (κ1) is 15.5. The van der Waals surface area contributed by atoms with Crippen LogP contribution in [0.3, 0.4) is 0 Å². The van der Waals surface area contributed by atoms with E-state index in [0.29, 0.717) is 18.7 Å². The van der Waals surface area contributed by atoms with E-state index < -0.39 is 0 Å². The van der Waals surface area contributed by atoms with Gasteiger partial charge >= 0.3 is 6.92 Å². The normalized spacial score (nSPS) is 23.4. The van der Waals surface area contributed by atoms with Gasteiger partial charge in [-0.2, -0.15) is 0 Å². The maximum atomic E-state index is 14.5. The van der Waals surface area contributed by atoms with Crippen LogP contribution < -0.4 is 10.4 Å². The Morgan fingerprint density at radius 3 is 2.50 bits per heavy atom. The number of carbonyl (C=O) groups is 1. The summed E-state index contributed by atoms with van der Waals surface area (Å²) < 4.78 is 20.6. The highest BCUT2D eigenvalue weighted by Crippen LogP contribution is 2.45. The third-order valence-electron chi connectivity index (χ3n) is 5.47. The molecule has 0 unspecified atom stereocenters. The minimum absolute atomic E-state index is 0.00559. The lowest BCUT2D eigenvalue weighted by Gasteiger charge is -2.34. The summed E-state index contributed by atoms with van der Waals surface area (Å²) in [7, 11) is 0. The molecule has 1 aromatic rings. The van der Waals surface area contributed by atoms with Gasteiger partial charge in [0.05, 0.1) is 11.3 Å². The quantitative estimate of drug-likeness (QED) is 0.786. The van der Waals surface area contributed by atoms with Gasteiger partial charge in [0.25, 0.3) is 0 Å². The van der Waals surface area contributed by atoms with E-state index in [-0.39, 0.29) is 29.7 Å². The van der Waals surface area contributed by atoms with Crippen LogP contribution in [0.5, 0.6) is 0 Å². The van der Waals surface area contributed by atoms with Crippen LogP contribution in [-0.4, -0.2) is 25.0 Å². The Kier molecular flexibility index (Phi) is 3.59. The van der Waals surface area contributed by atoms with Crippen molar-refractivity contribution < 1.29 is 13.8 Å². The lowest BCUT2D eigenvalue weighted by molar-refractivity contribution is -0.117. The fourth-order valence-corrected chi connectivity index (χ4v) is 3.30. The molecule has 0 N–H and O–H groups in total. The molecule has 0 atom stereocenters. The van der Waals surface area contributed by atoms with Crippen molar-refractivity contribution >= 4 is 24.0 Å². The van der Waals surface area contributed by atoms with E-state index in [1.54, 1.807) is 11.0 Å². The predicted octanol–water partition coefficient (Wildman–Crippen LogP) is 2.99. The first-order valence-electron chi connectivity index (χ1n) is 7.99. The van der Waals surface area contributed by atoms with Gasteiger partial charge in [-0.3, -0.25) is 4.79 Å². The van der Waals surface area contributed by atoms with Crippen molar-refractivity contribution in [2.45, 2.75) is 52.5 Å². The fraction of sp³-hybridized carbons (Fsp3) is 0.588. The van der Waals surface area contributed by atoms with Gasteiger partial charge in [0.1, 0.15) is 5.82 Å². The van der Waals surface area contributed by atoms with Crippen LogP contribution >= 0.6 is 0 Å². The average molecular weight is 303 g/mol. The second-order valence-corrected chi connectivity index (χ2v) is 7.56. The summed E-state index contributed by atoms with van der Waals surface area (Å²) in [6.07, 6.45) is 2.17. The molecule has 2 saturated heterocycles. The summed E-state index contributed by atoms with van der Waals surface area (Å²) in [5.74, 6) is -0.329. The first-order chi connectivity index (χ1) is 10.2. The number of benzene rings is 1. The van der Waals surface area contributed by atoms with Gasteiger partial charge in [-0.1, -0.05) is 19.9 Å². The molecule has 1 aromatic carbocycles. The Labute approximate surface area is 131 Å². The maximum Gasteiger partial charge on any atom is 0.328 e. The van der Waals surface area contributed by atoms with E-state index in [1.807, 2.05) is 6.07 Å². The van der Waals surface area contributed by atoms with E-state index in [4.69, 9.17) is 4.65 Å². The van der Waals surface area contributed by atoms with Gasteiger partial charge in [-0.25, -0.2) is 4.39 Å². The number of carbonyl (C=O) groups excluding carboxylic acids is 1. The largest absolute Gasteiger partial charge is 0.426 e. The Morgan fingerprint density at radius 2 is 2.00 bits per heavy atom. The van der Waals surface area contributed by atoms with E-state index >= 15 is 0 Å². The first-order valence-corrected chi connectivity index (χ1v) is 7.99. The molecule has 2 aliphatic rings. The molecule has 3 rings (SSSR count). The summed E-state index contributed by atoms with van der Waals surface area (Å²) in [5, 5.41) is 0. The average Bonchev–Trinajstić information content (AvgIpc) is 2.91. The van der Waals surface area contributed by atoms with Crippen molar-refractivity contribution in [3.8, 4) is 0 Å². The predicted molar refractivity (Wildman–Crippen MR) is 87.1 cm³/mol. The van der Waals surface area contributed by atoms with E-state index in [2.05, 4.69) is 27.7 Å². The number of amides is 1. The number of rotatable bonds is 2. The van der Waals surface area contributed by atoms with Crippen LogP contribution in [0.1, 0.15) is 40.5 Å². The van der Waals surface area contributed by atoms with Gasteiger partial charge < -0.3 is 9.55 Å². The van der Waals surface area contributed by atoms with Crippen molar-refractivity contribution in [2.24, 2.45) is 5.41 Å². The number of nitrogens with zero attached hydrogens (tertiary/aromatic N) is 1. The molecule has 0 bridgehead atoms. The monoisotopic (exact) mass is 303 g/mol. The van der Waals surface area contributed by atoms with Crippen LogP contribution in [0, 0.1) is 11.2 Å². The number of halogens is 1. The molecule has 0 aromatic heterocycles. The van der Waals surface area contributed by atoms with Gasteiger partial charge in [0.2, 0.25) is 5.91 Å². The Bertz CT molecular complexity index is 599. The highest BCUT2D eigenvalue weighted by molar-refractivity contribution is 6.68. The highest BCUT2D eigenvalue weighted by Gasteiger charge is 2.49. The highest BCUT2D eigenvalue weighted by atomic mass is 19.1. The van der Waals surface area contributed by atoms with Crippen molar-refractivity contribution in [2.75, 3.05) is 11.4 Å². The molecule has 2 heterocycles. The minimum Gasteiger partial charge on any atom is -0.426 e. The molecule has 118 valence electrons. The van der Waals surface area contributed by atoms with Crippen LogP contribution in [0.4, 0.5) is 10.1 Å². The Balaban J connectivity index is 1.86. The molecule has 5 heteroatoms. The van der Waals surface area contributed by atoms with Crippen molar-refractivity contribution in [1.82, 2.24) is 0 Å². The van der Waals surface area contributed by atoms with E-state index in [1.165, 1.54) is 6.07 Å². The van der Waals surface area contributed by atoms with Gasteiger partial charge in [0, 0.05) is 13.0 Å². The van der Waals surface area contributed by atoms with Gasteiger partial charge in [-0.05, 0) is 49.6 Å².